The first kappa shape index (κ1) is 14.4. The molecule has 4 heteroatoms. The summed E-state index contributed by atoms with van der Waals surface area (Å²) in [6, 6.07) is 5.55. The molecule has 1 aliphatic rings. The summed E-state index contributed by atoms with van der Waals surface area (Å²) >= 11 is 0. The molecule has 1 aromatic carbocycles. The third-order valence-electron chi connectivity index (χ3n) is 3.87. The number of alkyl halides is 3. The van der Waals surface area contributed by atoms with E-state index in [1.54, 1.807) is 12.1 Å². The number of hydrogen-bond acceptors (Lipinski definition) is 1. The molecule has 1 fully saturated rings. The summed E-state index contributed by atoms with van der Waals surface area (Å²) in [6.45, 7) is 5.08. The molecule has 1 nitrogen and oxygen atoms in total. The standard InChI is InChI=1S/C15H20F3N/c1-2-12-4-3-9-19(10-12)11-13-5-7-14(8-6-13)15(16,17)18/h5-8,12H,2-4,9-11H2,1H3. The Morgan fingerprint density at radius 1 is 1.21 bits per heavy atom. The molecule has 2 rings (SSSR count). The Kier molecular flexibility index (Phi) is 4.50. The molecule has 0 amide bonds. The van der Waals surface area contributed by atoms with E-state index in [0.29, 0.717) is 0 Å². The van der Waals surface area contributed by atoms with Crippen molar-refractivity contribution in [1.29, 1.82) is 0 Å². The van der Waals surface area contributed by atoms with Crippen molar-refractivity contribution in [3.05, 3.63) is 35.4 Å². The monoisotopic (exact) mass is 271 g/mol. The molecule has 1 aliphatic heterocycles. The first-order chi connectivity index (χ1) is 8.99. The van der Waals surface area contributed by atoms with Gasteiger partial charge in [0.1, 0.15) is 0 Å². The summed E-state index contributed by atoms with van der Waals surface area (Å²) in [5, 5.41) is 0. The lowest BCUT2D eigenvalue weighted by Gasteiger charge is -2.32. The lowest BCUT2D eigenvalue weighted by Crippen LogP contribution is -2.34. The van der Waals surface area contributed by atoms with Gasteiger partial charge >= 0.3 is 6.18 Å². The average Bonchev–Trinajstić information content (AvgIpc) is 2.38. The Labute approximate surface area is 112 Å². The highest BCUT2D eigenvalue weighted by Gasteiger charge is 2.30. The van der Waals surface area contributed by atoms with Crippen LogP contribution in [0.15, 0.2) is 24.3 Å². The summed E-state index contributed by atoms with van der Waals surface area (Å²) in [4.78, 5) is 2.35. The molecule has 0 radical (unpaired) electrons. The molecule has 0 saturated carbocycles. The highest BCUT2D eigenvalue weighted by molar-refractivity contribution is 5.24. The zero-order valence-corrected chi connectivity index (χ0v) is 11.2. The van der Waals surface area contributed by atoms with E-state index in [4.69, 9.17) is 0 Å². The smallest absolute Gasteiger partial charge is 0.299 e. The third kappa shape index (κ3) is 3.96. The van der Waals surface area contributed by atoms with Gasteiger partial charge in [0.15, 0.2) is 0 Å². The Balaban J connectivity index is 1.96. The maximum atomic E-state index is 12.5. The van der Waals surface area contributed by atoms with E-state index in [9.17, 15) is 13.2 Å². The van der Waals surface area contributed by atoms with Gasteiger partial charge < -0.3 is 0 Å². The first-order valence-electron chi connectivity index (χ1n) is 6.87. The molecule has 1 saturated heterocycles. The van der Waals surface area contributed by atoms with Gasteiger partial charge in [-0.3, -0.25) is 4.90 Å². The second-order valence-corrected chi connectivity index (χ2v) is 5.35. The second-order valence-electron chi connectivity index (χ2n) is 5.35. The van der Waals surface area contributed by atoms with Crippen LogP contribution in [0.2, 0.25) is 0 Å². The number of rotatable bonds is 3. The maximum Gasteiger partial charge on any atom is 0.416 e. The van der Waals surface area contributed by atoms with Crippen molar-refractivity contribution in [2.45, 2.75) is 38.9 Å². The quantitative estimate of drug-likeness (QED) is 0.791. The summed E-state index contributed by atoms with van der Waals surface area (Å²) in [6.07, 6.45) is -0.584. The molecule has 1 unspecified atom stereocenters. The largest absolute Gasteiger partial charge is 0.416 e. The fourth-order valence-electron chi connectivity index (χ4n) is 2.69. The molecular weight excluding hydrogens is 251 g/mol. The predicted octanol–water partition coefficient (Wildman–Crippen LogP) is 4.33. The zero-order chi connectivity index (χ0) is 13.9. The van der Waals surface area contributed by atoms with Crippen molar-refractivity contribution in [3.8, 4) is 0 Å². The first-order valence-corrected chi connectivity index (χ1v) is 6.87. The molecule has 19 heavy (non-hydrogen) atoms. The van der Waals surface area contributed by atoms with Gasteiger partial charge in [0.2, 0.25) is 0 Å². The fourth-order valence-corrected chi connectivity index (χ4v) is 2.69. The Hall–Kier alpha value is -1.03. The van der Waals surface area contributed by atoms with Crippen LogP contribution in [0.4, 0.5) is 13.2 Å². The number of nitrogens with zero attached hydrogens (tertiary/aromatic N) is 1. The van der Waals surface area contributed by atoms with Crippen molar-refractivity contribution in [2.75, 3.05) is 13.1 Å². The number of likely N-dealkylation sites (tertiary alicyclic amines) is 1. The van der Waals surface area contributed by atoms with Crippen molar-refractivity contribution in [2.24, 2.45) is 5.92 Å². The summed E-state index contributed by atoms with van der Waals surface area (Å²) < 4.78 is 37.4. The molecular formula is C15H20F3N. The average molecular weight is 271 g/mol. The molecule has 0 aromatic heterocycles. The van der Waals surface area contributed by atoms with Crippen LogP contribution in [-0.2, 0) is 12.7 Å². The highest BCUT2D eigenvalue weighted by atomic mass is 19.4. The fraction of sp³-hybridized carbons (Fsp3) is 0.600. The lowest BCUT2D eigenvalue weighted by atomic mass is 9.95. The molecule has 1 heterocycles. The maximum absolute atomic E-state index is 12.5. The van der Waals surface area contributed by atoms with E-state index in [-0.39, 0.29) is 0 Å². The predicted molar refractivity (Wildman–Crippen MR) is 69.7 cm³/mol. The van der Waals surface area contributed by atoms with Crippen molar-refractivity contribution in [3.63, 3.8) is 0 Å². The third-order valence-corrected chi connectivity index (χ3v) is 3.87. The van der Waals surface area contributed by atoms with Gasteiger partial charge in [-0.1, -0.05) is 25.5 Å². The topological polar surface area (TPSA) is 3.24 Å². The summed E-state index contributed by atoms with van der Waals surface area (Å²) in [5.74, 6) is 0.739. The van der Waals surface area contributed by atoms with Crippen LogP contribution in [-0.4, -0.2) is 18.0 Å². The lowest BCUT2D eigenvalue weighted by molar-refractivity contribution is -0.137. The minimum Gasteiger partial charge on any atom is -0.299 e. The van der Waals surface area contributed by atoms with Crippen LogP contribution in [0, 0.1) is 5.92 Å². The van der Waals surface area contributed by atoms with Gasteiger partial charge in [-0.15, -0.1) is 0 Å². The highest BCUT2D eigenvalue weighted by Crippen LogP contribution is 2.29. The van der Waals surface area contributed by atoms with Gasteiger partial charge in [-0.25, -0.2) is 0 Å². The molecule has 0 aliphatic carbocycles. The van der Waals surface area contributed by atoms with E-state index in [2.05, 4.69) is 11.8 Å². The molecule has 0 bridgehead atoms. The molecule has 1 atom stereocenters. The van der Waals surface area contributed by atoms with E-state index >= 15 is 0 Å². The molecule has 1 aromatic rings. The minimum atomic E-state index is -4.24. The number of benzene rings is 1. The van der Waals surface area contributed by atoms with Crippen LogP contribution in [0.3, 0.4) is 0 Å². The summed E-state index contributed by atoms with van der Waals surface area (Å²) in [5.41, 5.74) is 0.395. The molecule has 0 spiro atoms. The van der Waals surface area contributed by atoms with Crippen LogP contribution < -0.4 is 0 Å². The van der Waals surface area contributed by atoms with Gasteiger partial charge in [0, 0.05) is 13.1 Å². The number of halogens is 3. The summed E-state index contributed by atoms with van der Waals surface area (Å²) in [7, 11) is 0. The SMILES string of the molecule is CCC1CCCN(Cc2ccc(C(F)(F)F)cc2)C1. The van der Waals surface area contributed by atoms with E-state index < -0.39 is 11.7 Å². The van der Waals surface area contributed by atoms with Gasteiger partial charge in [0.25, 0.3) is 0 Å². The van der Waals surface area contributed by atoms with Gasteiger partial charge in [-0.05, 0) is 43.0 Å². The van der Waals surface area contributed by atoms with Crippen molar-refractivity contribution < 1.29 is 13.2 Å². The van der Waals surface area contributed by atoms with Crippen LogP contribution in [0.5, 0.6) is 0 Å². The van der Waals surface area contributed by atoms with Crippen LogP contribution >= 0.6 is 0 Å². The van der Waals surface area contributed by atoms with Crippen LogP contribution in [0.25, 0.3) is 0 Å². The Morgan fingerprint density at radius 3 is 2.47 bits per heavy atom. The van der Waals surface area contributed by atoms with Gasteiger partial charge in [-0.2, -0.15) is 13.2 Å². The zero-order valence-electron chi connectivity index (χ0n) is 11.2. The normalized spacial score (nSPS) is 21.6. The minimum absolute atomic E-state index is 0.568. The number of hydrogen-bond donors (Lipinski definition) is 0. The van der Waals surface area contributed by atoms with E-state index in [0.717, 1.165) is 31.1 Å². The van der Waals surface area contributed by atoms with Crippen molar-refractivity contribution in [1.82, 2.24) is 4.90 Å². The van der Waals surface area contributed by atoms with E-state index in [1.165, 1.54) is 31.4 Å². The van der Waals surface area contributed by atoms with E-state index in [1.807, 2.05) is 0 Å². The Bertz CT molecular complexity index is 397. The van der Waals surface area contributed by atoms with Crippen molar-refractivity contribution >= 4 is 0 Å². The molecule has 106 valence electrons. The molecule has 0 N–H and O–H groups in total. The number of piperidine rings is 1. The Morgan fingerprint density at radius 2 is 1.89 bits per heavy atom. The van der Waals surface area contributed by atoms with Crippen LogP contribution in [0.1, 0.15) is 37.3 Å². The second kappa shape index (κ2) is 5.95. The van der Waals surface area contributed by atoms with Gasteiger partial charge in [0.05, 0.1) is 5.56 Å².